The van der Waals surface area contributed by atoms with Gasteiger partial charge in [0.25, 0.3) is 0 Å². The third-order valence-corrected chi connectivity index (χ3v) is 6.75. The van der Waals surface area contributed by atoms with E-state index >= 15 is 0 Å². The Bertz CT molecular complexity index is 1370. The molecule has 0 aromatic heterocycles. The first-order valence-electron chi connectivity index (χ1n) is 14.5. The fourth-order valence-corrected chi connectivity index (χ4v) is 4.27. The molecule has 19 heteroatoms. The Balaban J connectivity index is 2.43. The van der Waals surface area contributed by atoms with Gasteiger partial charge in [0.15, 0.2) is 5.96 Å². The van der Waals surface area contributed by atoms with Gasteiger partial charge in [-0.15, -0.1) is 0 Å². The lowest BCUT2D eigenvalue weighted by Gasteiger charge is -2.25. The van der Waals surface area contributed by atoms with Crippen molar-refractivity contribution in [2.24, 2.45) is 10.7 Å². The van der Waals surface area contributed by atoms with E-state index in [9.17, 15) is 48.6 Å². The zero-order valence-corrected chi connectivity index (χ0v) is 25.7. The number of hydrogen-bond acceptors (Lipinski definition) is 9. The third kappa shape index (κ3) is 13.0. The van der Waals surface area contributed by atoms with Crippen molar-refractivity contribution in [1.29, 1.82) is 0 Å². The van der Waals surface area contributed by atoms with E-state index in [1.54, 1.807) is 30.3 Å². The molecule has 0 radical (unpaired) electrons. The van der Waals surface area contributed by atoms with Crippen LogP contribution in [-0.4, -0.2) is 107 Å². The van der Waals surface area contributed by atoms with E-state index in [1.807, 2.05) is 0 Å². The van der Waals surface area contributed by atoms with Crippen LogP contribution in [0, 0.1) is 0 Å². The molecule has 0 bridgehead atoms. The molecule has 0 unspecified atom stereocenters. The van der Waals surface area contributed by atoms with Crippen LogP contribution in [0.5, 0.6) is 0 Å². The van der Waals surface area contributed by atoms with Gasteiger partial charge in [-0.05, 0) is 25.3 Å². The van der Waals surface area contributed by atoms with Crippen LogP contribution >= 0.6 is 0 Å². The number of benzene rings is 1. The Kier molecular flexibility index (Phi) is 14.6. The van der Waals surface area contributed by atoms with Gasteiger partial charge in [-0.3, -0.25) is 34.3 Å². The van der Waals surface area contributed by atoms with Crippen LogP contribution in [-0.2, 0) is 40.0 Å². The number of carbonyl (C=O) groups is 8. The van der Waals surface area contributed by atoms with Gasteiger partial charge in [-0.25, -0.2) is 14.4 Å². The van der Waals surface area contributed by atoms with Crippen LogP contribution in [0.4, 0.5) is 4.79 Å². The minimum atomic E-state index is -1.83. The van der Waals surface area contributed by atoms with Crippen molar-refractivity contribution in [2.75, 3.05) is 13.6 Å². The second-order valence-electron chi connectivity index (χ2n) is 10.5. The highest BCUT2D eigenvalue weighted by atomic mass is 16.4. The molecule has 1 heterocycles. The summed E-state index contributed by atoms with van der Waals surface area (Å²) in [6.07, 6.45) is -1.74. The number of carbonyl (C=O) groups excluding carboxylic acids is 6. The summed E-state index contributed by atoms with van der Waals surface area (Å²) < 4.78 is 0. The number of rotatable bonds is 8. The van der Waals surface area contributed by atoms with Crippen molar-refractivity contribution >= 4 is 53.5 Å². The Morgan fingerprint density at radius 2 is 1.38 bits per heavy atom. The van der Waals surface area contributed by atoms with Crippen LogP contribution < -0.4 is 43.0 Å². The highest BCUT2D eigenvalue weighted by Crippen LogP contribution is 2.08. The molecular weight excluding hydrogens is 622 g/mol. The Morgan fingerprint density at radius 1 is 0.830 bits per heavy atom. The molecule has 5 atom stereocenters. The van der Waals surface area contributed by atoms with Gasteiger partial charge in [0, 0.05) is 20.0 Å². The zero-order chi connectivity index (χ0) is 35.1. The molecule has 7 amide bonds. The zero-order valence-electron chi connectivity index (χ0n) is 25.7. The summed E-state index contributed by atoms with van der Waals surface area (Å²) in [5.41, 5.74) is 6.23. The third-order valence-electron chi connectivity index (χ3n) is 6.75. The number of aliphatic imine (C=N–C) groups is 1. The van der Waals surface area contributed by atoms with E-state index in [1.165, 1.54) is 14.0 Å². The molecule has 1 aromatic carbocycles. The monoisotopic (exact) mass is 661 g/mol. The lowest BCUT2D eigenvalue weighted by molar-refractivity contribution is -0.145. The maximum atomic E-state index is 13.6. The van der Waals surface area contributed by atoms with Crippen molar-refractivity contribution in [2.45, 2.75) is 69.2 Å². The molecule has 0 saturated carbocycles. The molecule has 11 N–H and O–H groups in total. The van der Waals surface area contributed by atoms with Crippen LogP contribution in [0.2, 0.25) is 0 Å². The number of nitrogens with two attached hydrogens (primary N) is 1. The van der Waals surface area contributed by atoms with Crippen LogP contribution in [0.3, 0.4) is 0 Å². The number of guanidine groups is 1. The number of nitrogens with zero attached hydrogens (tertiary/aromatic N) is 1. The first-order valence-corrected chi connectivity index (χ1v) is 14.5. The van der Waals surface area contributed by atoms with Crippen molar-refractivity contribution in [3.63, 3.8) is 0 Å². The van der Waals surface area contributed by atoms with E-state index in [-0.39, 0.29) is 31.8 Å². The van der Waals surface area contributed by atoms with Crippen molar-refractivity contribution in [1.82, 2.24) is 37.2 Å². The van der Waals surface area contributed by atoms with Crippen LogP contribution in [0.1, 0.15) is 38.2 Å². The Labute approximate surface area is 268 Å². The Hall–Kier alpha value is -5.75. The average molecular weight is 662 g/mol. The summed E-state index contributed by atoms with van der Waals surface area (Å²) in [7, 11) is 1.37. The topological polar surface area (TPSA) is 300 Å². The van der Waals surface area contributed by atoms with Crippen molar-refractivity contribution in [3.8, 4) is 0 Å². The Morgan fingerprint density at radius 3 is 1.98 bits per heavy atom. The van der Waals surface area contributed by atoms with E-state index in [0.29, 0.717) is 5.56 Å². The minimum absolute atomic E-state index is 0.00753. The van der Waals surface area contributed by atoms with Gasteiger partial charge in [0.05, 0.1) is 12.8 Å². The molecule has 2 rings (SSSR count). The SMILES string of the molecule is CNC(=O)NC(N)=NCCC[C@@H]1NC(=O)[C@@H](C)NC(=O)C[C@@H](C(=O)O)NC(=O)C[C@@H](C(=O)O)NC(=O)[C@H](Cc2ccccc2)NC1=O. The highest BCUT2D eigenvalue weighted by molar-refractivity contribution is 5.97. The van der Waals surface area contributed by atoms with Gasteiger partial charge in [0.1, 0.15) is 30.2 Å². The molecule has 256 valence electrons. The predicted molar refractivity (Wildman–Crippen MR) is 163 cm³/mol. The van der Waals surface area contributed by atoms with E-state index < -0.39 is 90.6 Å². The maximum absolute atomic E-state index is 13.6. The van der Waals surface area contributed by atoms with Crippen LogP contribution in [0.25, 0.3) is 0 Å². The maximum Gasteiger partial charge on any atom is 0.326 e. The number of carboxylic acid groups (broad SMARTS) is 2. The first kappa shape index (κ1) is 37.4. The molecule has 1 saturated heterocycles. The second-order valence-corrected chi connectivity index (χ2v) is 10.5. The first-order chi connectivity index (χ1) is 22.2. The van der Waals surface area contributed by atoms with Gasteiger partial charge >= 0.3 is 18.0 Å². The molecule has 1 aliphatic rings. The summed E-state index contributed by atoms with van der Waals surface area (Å²) in [6, 6.07) is 0.208. The van der Waals surface area contributed by atoms with Crippen LogP contribution in [0.15, 0.2) is 35.3 Å². The number of amides is 7. The van der Waals surface area contributed by atoms with E-state index in [0.717, 1.165) is 0 Å². The molecular formula is C28H39N9O10. The molecule has 47 heavy (non-hydrogen) atoms. The van der Waals surface area contributed by atoms with Gasteiger partial charge < -0.3 is 47.8 Å². The summed E-state index contributed by atoms with van der Waals surface area (Å²) in [5, 5.41) is 35.4. The van der Waals surface area contributed by atoms with Gasteiger partial charge in [-0.2, -0.15) is 0 Å². The van der Waals surface area contributed by atoms with Gasteiger partial charge in [0.2, 0.25) is 29.5 Å². The van der Waals surface area contributed by atoms with E-state index in [4.69, 9.17) is 5.73 Å². The fourth-order valence-electron chi connectivity index (χ4n) is 4.27. The quantitative estimate of drug-likeness (QED) is 0.0746. The predicted octanol–water partition coefficient (Wildman–Crippen LogP) is -3.34. The standard InChI is InChI=1S/C28H39N9O10/c1-14-22(40)34-16(9-6-10-31-27(29)37-28(47)30-2)23(41)35-17(11-15-7-4-3-5-8-15)24(42)36-19(26(45)46)13-21(39)33-18(25(43)44)12-20(38)32-14/h3-5,7-8,14,16-19H,6,9-13H2,1-2H3,(H,32,38)(H,33,39)(H,34,40)(H,35,41)(H,36,42)(H,43,44)(H,45,46)(H4,29,30,31,37,47)/t14-,16+,17+,18+,19+/m1/s1. The molecule has 0 aliphatic carbocycles. The highest BCUT2D eigenvalue weighted by Gasteiger charge is 2.33. The van der Waals surface area contributed by atoms with Crippen molar-refractivity contribution in [3.05, 3.63) is 35.9 Å². The summed E-state index contributed by atoms with van der Waals surface area (Å²) in [5.74, 6) is -8.11. The fraction of sp³-hybridized carbons (Fsp3) is 0.464. The molecule has 1 aromatic rings. The number of nitrogens with one attached hydrogen (secondary N) is 7. The molecule has 0 spiro atoms. The number of urea groups is 1. The van der Waals surface area contributed by atoms with Gasteiger partial charge in [-0.1, -0.05) is 30.3 Å². The number of carboxylic acids is 2. The second kappa shape index (κ2) is 18.3. The lowest BCUT2D eigenvalue weighted by atomic mass is 10.0. The summed E-state index contributed by atoms with van der Waals surface area (Å²) in [4.78, 5) is 104. The molecule has 19 nitrogen and oxygen atoms in total. The largest absolute Gasteiger partial charge is 0.480 e. The van der Waals surface area contributed by atoms with E-state index in [2.05, 4.69) is 42.2 Å². The summed E-state index contributed by atoms with van der Waals surface area (Å²) >= 11 is 0. The minimum Gasteiger partial charge on any atom is -0.480 e. The summed E-state index contributed by atoms with van der Waals surface area (Å²) in [6.45, 7) is 1.29. The molecule has 1 aliphatic heterocycles. The number of hydrogen-bond donors (Lipinski definition) is 10. The normalized spacial score (nSPS) is 23.5. The molecule has 1 fully saturated rings. The van der Waals surface area contributed by atoms with Crippen molar-refractivity contribution < 1.29 is 48.6 Å². The lowest BCUT2D eigenvalue weighted by Crippen LogP contribution is -2.58. The smallest absolute Gasteiger partial charge is 0.326 e. The average Bonchev–Trinajstić information content (AvgIpc) is 3.01. The number of aliphatic carboxylic acids is 2.